The number of hydrogen-bond acceptors (Lipinski definition) is 3. The fourth-order valence-electron chi connectivity index (χ4n) is 2.47. The van der Waals surface area contributed by atoms with E-state index in [2.05, 4.69) is 17.4 Å². The quantitative estimate of drug-likeness (QED) is 0.912. The molecule has 3 nitrogen and oxygen atoms in total. The molecule has 2 aromatic rings. The Labute approximate surface area is 125 Å². The SMILES string of the molecule is c1ccc(COc2ccc(O[C@H]3CCCNC3)cc2)cc1. The molecule has 1 aliphatic rings. The first-order chi connectivity index (χ1) is 10.4. The Morgan fingerprint density at radius 2 is 1.71 bits per heavy atom. The van der Waals surface area contributed by atoms with Crippen LogP contribution >= 0.6 is 0 Å². The molecule has 1 atom stereocenters. The van der Waals surface area contributed by atoms with Crippen molar-refractivity contribution in [1.29, 1.82) is 0 Å². The molecule has 0 radical (unpaired) electrons. The van der Waals surface area contributed by atoms with Gasteiger partial charge in [-0.1, -0.05) is 30.3 Å². The molecule has 0 spiro atoms. The third-order valence-electron chi connectivity index (χ3n) is 3.63. The molecule has 110 valence electrons. The predicted molar refractivity (Wildman–Crippen MR) is 83.7 cm³/mol. The third kappa shape index (κ3) is 4.23. The summed E-state index contributed by atoms with van der Waals surface area (Å²) in [5.41, 5.74) is 1.17. The van der Waals surface area contributed by atoms with Gasteiger partial charge in [0.05, 0.1) is 0 Å². The third-order valence-corrected chi connectivity index (χ3v) is 3.63. The van der Waals surface area contributed by atoms with Crippen LogP contribution in [0.15, 0.2) is 54.6 Å². The van der Waals surface area contributed by atoms with Crippen molar-refractivity contribution in [3.63, 3.8) is 0 Å². The molecule has 1 saturated heterocycles. The summed E-state index contributed by atoms with van der Waals surface area (Å²) in [5, 5.41) is 3.36. The number of ether oxygens (including phenoxy) is 2. The highest BCUT2D eigenvalue weighted by Crippen LogP contribution is 2.21. The second kappa shape index (κ2) is 7.14. The van der Waals surface area contributed by atoms with Crippen molar-refractivity contribution >= 4 is 0 Å². The molecule has 0 saturated carbocycles. The second-order valence-electron chi connectivity index (χ2n) is 5.33. The molecule has 21 heavy (non-hydrogen) atoms. The van der Waals surface area contributed by atoms with E-state index in [1.54, 1.807) is 0 Å². The molecule has 1 fully saturated rings. The van der Waals surface area contributed by atoms with E-state index >= 15 is 0 Å². The van der Waals surface area contributed by atoms with Crippen molar-refractivity contribution in [2.75, 3.05) is 13.1 Å². The molecule has 0 bridgehead atoms. The van der Waals surface area contributed by atoms with E-state index in [0.29, 0.717) is 6.61 Å². The van der Waals surface area contributed by atoms with Crippen molar-refractivity contribution in [3.05, 3.63) is 60.2 Å². The van der Waals surface area contributed by atoms with Gasteiger partial charge in [0.1, 0.15) is 24.2 Å². The van der Waals surface area contributed by atoms with Crippen LogP contribution < -0.4 is 14.8 Å². The monoisotopic (exact) mass is 283 g/mol. The van der Waals surface area contributed by atoms with Crippen LogP contribution in [-0.2, 0) is 6.61 Å². The molecule has 1 aliphatic heterocycles. The Kier molecular flexibility index (Phi) is 4.74. The summed E-state index contributed by atoms with van der Waals surface area (Å²) in [6.45, 7) is 2.63. The highest BCUT2D eigenvalue weighted by atomic mass is 16.5. The van der Waals surface area contributed by atoms with Crippen LogP contribution in [0.5, 0.6) is 11.5 Å². The Morgan fingerprint density at radius 1 is 0.952 bits per heavy atom. The van der Waals surface area contributed by atoms with E-state index in [4.69, 9.17) is 9.47 Å². The van der Waals surface area contributed by atoms with Crippen LogP contribution in [-0.4, -0.2) is 19.2 Å². The van der Waals surface area contributed by atoms with Gasteiger partial charge in [-0.2, -0.15) is 0 Å². The zero-order valence-corrected chi connectivity index (χ0v) is 12.1. The maximum absolute atomic E-state index is 5.96. The highest BCUT2D eigenvalue weighted by molar-refractivity contribution is 5.31. The van der Waals surface area contributed by atoms with Crippen molar-refractivity contribution in [2.45, 2.75) is 25.6 Å². The Hall–Kier alpha value is -2.00. The van der Waals surface area contributed by atoms with Gasteiger partial charge >= 0.3 is 0 Å². The molecule has 2 aromatic carbocycles. The van der Waals surface area contributed by atoms with Crippen molar-refractivity contribution in [1.82, 2.24) is 5.32 Å². The standard InChI is InChI=1S/C18H21NO2/c1-2-5-15(6-3-1)14-20-16-8-10-17(11-9-16)21-18-7-4-12-19-13-18/h1-3,5-6,8-11,18-19H,4,7,12-14H2/t18-/m0/s1. The zero-order chi connectivity index (χ0) is 14.3. The molecule has 0 amide bonds. The van der Waals surface area contributed by atoms with E-state index < -0.39 is 0 Å². The highest BCUT2D eigenvalue weighted by Gasteiger charge is 2.14. The van der Waals surface area contributed by atoms with Gasteiger partial charge in [-0.05, 0) is 49.2 Å². The summed E-state index contributed by atoms with van der Waals surface area (Å²) < 4.78 is 11.7. The average molecular weight is 283 g/mol. The van der Waals surface area contributed by atoms with Gasteiger partial charge in [0, 0.05) is 6.54 Å². The molecular weight excluding hydrogens is 262 g/mol. The topological polar surface area (TPSA) is 30.5 Å². The molecule has 1 N–H and O–H groups in total. The molecule has 3 rings (SSSR count). The Balaban J connectivity index is 1.51. The predicted octanol–water partition coefficient (Wildman–Crippen LogP) is 3.40. The van der Waals surface area contributed by atoms with Gasteiger partial charge in [-0.3, -0.25) is 0 Å². The van der Waals surface area contributed by atoms with Crippen LogP contribution in [0.4, 0.5) is 0 Å². The van der Waals surface area contributed by atoms with E-state index in [0.717, 1.165) is 31.0 Å². The van der Waals surface area contributed by atoms with Gasteiger partial charge < -0.3 is 14.8 Å². The maximum atomic E-state index is 5.96. The summed E-state index contributed by atoms with van der Waals surface area (Å²) in [5.74, 6) is 1.78. The van der Waals surface area contributed by atoms with Crippen molar-refractivity contribution in [3.8, 4) is 11.5 Å². The number of benzene rings is 2. The van der Waals surface area contributed by atoms with Crippen LogP contribution in [0.1, 0.15) is 18.4 Å². The van der Waals surface area contributed by atoms with Gasteiger partial charge in [-0.15, -0.1) is 0 Å². The van der Waals surface area contributed by atoms with Crippen LogP contribution in [0.3, 0.4) is 0 Å². The minimum Gasteiger partial charge on any atom is -0.489 e. The molecule has 0 unspecified atom stereocenters. The second-order valence-corrected chi connectivity index (χ2v) is 5.33. The maximum Gasteiger partial charge on any atom is 0.120 e. The van der Waals surface area contributed by atoms with Gasteiger partial charge in [0.25, 0.3) is 0 Å². The Morgan fingerprint density at radius 3 is 2.43 bits per heavy atom. The average Bonchev–Trinajstić information content (AvgIpc) is 2.56. The fourth-order valence-corrected chi connectivity index (χ4v) is 2.47. The molecule has 3 heteroatoms. The minimum atomic E-state index is 0.287. The molecule has 0 aromatic heterocycles. The lowest BCUT2D eigenvalue weighted by atomic mass is 10.1. The van der Waals surface area contributed by atoms with Crippen LogP contribution in [0, 0.1) is 0 Å². The minimum absolute atomic E-state index is 0.287. The van der Waals surface area contributed by atoms with E-state index in [-0.39, 0.29) is 6.10 Å². The summed E-state index contributed by atoms with van der Waals surface area (Å²) in [6.07, 6.45) is 2.59. The lowest BCUT2D eigenvalue weighted by Gasteiger charge is -2.24. The van der Waals surface area contributed by atoms with Crippen molar-refractivity contribution < 1.29 is 9.47 Å². The van der Waals surface area contributed by atoms with E-state index in [1.807, 2.05) is 42.5 Å². The fraction of sp³-hybridized carbons (Fsp3) is 0.333. The first-order valence-electron chi connectivity index (χ1n) is 7.54. The first-order valence-corrected chi connectivity index (χ1v) is 7.54. The Bertz CT molecular complexity index is 533. The van der Waals surface area contributed by atoms with Gasteiger partial charge in [0.15, 0.2) is 0 Å². The number of hydrogen-bond donors (Lipinski definition) is 1. The molecule has 0 aliphatic carbocycles. The number of piperidine rings is 1. The van der Waals surface area contributed by atoms with Gasteiger partial charge in [-0.25, -0.2) is 0 Å². The number of nitrogens with one attached hydrogen (secondary N) is 1. The normalized spacial score (nSPS) is 18.2. The summed E-state index contributed by atoms with van der Waals surface area (Å²) in [7, 11) is 0. The number of rotatable bonds is 5. The van der Waals surface area contributed by atoms with Crippen molar-refractivity contribution in [2.24, 2.45) is 0 Å². The van der Waals surface area contributed by atoms with Crippen LogP contribution in [0.25, 0.3) is 0 Å². The summed E-state index contributed by atoms with van der Waals surface area (Å²) in [4.78, 5) is 0. The zero-order valence-electron chi connectivity index (χ0n) is 12.1. The summed E-state index contributed by atoms with van der Waals surface area (Å²) >= 11 is 0. The van der Waals surface area contributed by atoms with Crippen LogP contribution in [0.2, 0.25) is 0 Å². The molecular formula is C18H21NO2. The lowest BCUT2D eigenvalue weighted by molar-refractivity contribution is 0.167. The van der Waals surface area contributed by atoms with E-state index in [9.17, 15) is 0 Å². The lowest BCUT2D eigenvalue weighted by Crippen LogP contribution is -2.37. The largest absolute Gasteiger partial charge is 0.489 e. The smallest absolute Gasteiger partial charge is 0.120 e. The first kappa shape index (κ1) is 14.0. The summed E-state index contributed by atoms with van der Waals surface area (Å²) in [6, 6.07) is 18.1. The van der Waals surface area contributed by atoms with E-state index in [1.165, 1.54) is 12.0 Å². The molecule has 1 heterocycles. The van der Waals surface area contributed by atoms with Gasteiger partial charge in [0.2, 0.25) is 0 Å².